The van der Waals surface area contributed by atoms with Crippen LogP contribution in [-0.2, 0) is 23.2 Å². The maximum Gasteiger partial charge on any atom is 0.233 e. The zero-order valence-corrected chi connectivity index (χ0v) is 17.7. The van der Waals surface area contributed by atoms with Crippen LogP contribution in [0.4, 0.5) is 0 Å². The molecule has 1 N–H and O–H groups in total. The predicted molar refractivity (Wildman–Crippen MR) is 114 cm³/mol. The van der Waals surface area contributed by atoms with Crippen molar-refractivity contribution in [2.45, 2.75) is 44.6 Å². The van der Waals surface area contributed by atoms with Gasteiger partial charge < -0.3 is 14.4 Å². The van der Waals surface area contributed by atoms with Crippen LogP contribution in [0, 0.1) is 6.92 Å². The van der Waals surface area contributed by atoms with E-state index in [1.807, 2.05) is 36.1 Å². The fourth-order valence-electron chi connectivity index (χ4n) is 3.79. The molecule has 7 heteroatoms. The Bertz CT molecular complexity index is 1020. The molecule has 30 heavy (non-hydrogen) atoms. The molecular formula is C23H24N2O4S. The number of phenols is 1. The van der Waals surface area contributed by atoms with Crippen molar-refractivity contribution in [1.82, 2.24) is 9.88 Å². The Hall–Kier alpha value is -2.93. The van der Waals surface area contributed by atoms with Gasteiger partial charge in [-0.15, -0.1) is 11.3 Å². The number of furan rings is 1. The molecule has 1 saturated carbocycles. The maximum absolute atomic E-state index is 13.6. The average Bonchev–Trinajstić information content (AvgIpc) is 3.23. The number of benzene rings is 1. The number of aromatic nitrogens is 1. The number of aldehydes is 1. The Morgan fingerprint density at radius 1 is 1.30 bits per heavy atom. The Morgan fingerprint density at radius 2 is 2.07 bits per heavy atom. The van der Waals surface area contributed by atoms with E-state index >= 15 is 0 Å². The van der Waals surface area contributed by atoms with Gasteiger partial charge in [-0.2, -0.15) is 0 Å². The number of nitrogens with zero attached hydrogens (tertiary/aromatic N) is 2. The van der Waals surface area contributed by atoms with Crippen molar-refractivity contribution in [3.63, 3.8) is 0 Å². The van der Waals surface area contributed by atoms with Gasteiger partial charge in [0.1, 0.15) is 22.2 Å². The normalized spacial score (nSPS) is 14.4. The van der Waals surface area contributed by atoms with Crippen LogP contribution in [0.1, 0.15) is 51.0 Å². The van der Waals surface area contributed by atoms with Gasteiger partial charge in [-0.1, -0.05) is 12.1 Å². The number of amides is 1. The number of carbonyl (C=O) groups is 2. The van der Waals surface area contributed by atoms with Crippen molar-refractivity contribution >= 4 is 23.5 Å². The van der Waals surface area contributed by atoms with Crippen LogP contribution in [0.2, 0.25) is 0 Å². The molecule has 1 fully saturated rings. The molecule has 0 bridgehead atoms. The first-order chi connectivity index (χ1) is 14.5. The SMILES string of the molecule is Cc1sc(CN(CCCc2ccco2)C(=O)C2(c3ccc(O)cc3)CC2)nc1C=O. The van der Waals surface area contributed by atoms with Gasteiger partial charge in [0.2, 0.25) is 5.91 Å². The lowest BCUT2D eigenvalue weighted by atomic mass is 9.94. The van der Waals surface area contributed by atoms with E-state index in [4.69, 9.17) is 4.42 Å². The summed E-state index contributed by atoms with van der Waals surface area (Å²) < 4.78 is 5.41. The lowest BCUT2D eigenvalue weighted by Gasteiger charge is -2.27. The number of aryl methyl sites for hydroxylation is 2. The molecule has 0 radical (unpaired) electrons. The van der Waals surface area contributed by atoms with E-state index in [1.165, 1.54) is 11.3 Å². The van der Waals surface area contributed by atoms with E-state index < -0.39 is 5.41 Å². The molecule has 1 aromatic carbocycles. The van der Waals surface area contributed by atoms with Crippen molar-refractivity contribution in [2.24, 2.45) is 0 Å². The van der Waals surface area contributed by atoms with Crippen LogP contribution in [0.15, 0.2) is 47.1 Å². The first kappa shape index (κ1) is 20.3. The van der Waals surface area contributed by atoms with Crippen LogP contribution >= 0.6 is 11.3 Å². The van der Waals surface area contributed by atoms with Crippen LogP contribution in [0.25, 0.3) is 0 Å². The number of rotatable bonds is 9. The number of hydrogen-bond donors (Lipinski definition) is 1. The first-order valence-corrected chi connectivity index (χ1v) is 10.9. The molecule has 0 spiro atoms. The van der Waals surface area contributed by atoms with Crippen molar-refractivity contribution in [3.05, 3.63) is 69.6 Å². The molecule has 1 aliphatic carbocycles. The molecule has 1 amide bonds. The van der Waals surface area contributed by atoms with Gasteiger partial charge in [0.25, 0.3) is 0 Å². The third kappa shape index (κ3) is 4.16. The van der Waals surface area contributed by atoms with E-state index in [9.17, 15) is 14.7 Å². The molecule has 1 aliphatic rings. The molecule has 0 unspecified atom stereocenters. The number of thiazole rings is 1. The Kier molecular flexibility index (Phi) is 5.72. The highest BCUT2D eigenvalue weighted by Gasteiger charge is 2.53. The zero-order valence-electron chi connectivity index (χ0n) is 16.8. The summed E-state index contributed by atoms with van der Waals surface area (Å²) in [4.78, 5) is 31.9. The highest BCUT2D eigenvalue weighted by Crippen LogP contribution is 2.50. The van der Waals surface area contributed by atoms with Crippen molar-refractivity contribution in [1.29, 1.82) is 0 Å². The van der Waals surface area contributed by atoms with E-state index in [1.54, 1.807) is 18.4 Å². The molecule has 0 aliphatic heterocycles. The van der Waals surface area contributed by atoms with Crippen LogP contribution in [-0.4, -0.2) is 33.7 Å². The summed E-state index contributed by atoms with van der Waals surface area (Å²) in [5.74, 6) is 1.17. The summed E-state index contributed by atoms with van der Waals surface area (Å²) in [6, 6.07) is 10.7. The minimum atomic E-state index is -0.530. The smallest absolute Gasteiger partial charge is 0.233 e. The molecule has 2 heterocycles. The minimum absolute atomic E-state index is 0.0770. The van der Waals surface area contributed by atoms with Crippen LogP contribution in [0.3, 0.4) is 0 Å². The Balaban J connectivity index is 1.54. The van der Waals surface area contributed by atoms with E-state index in [0.717, 1.165) is 53.2 Å². The highest BCUT2D eigenvalue weighted by molar-refractivity contribution is 7.11. The number of carbonyl (C=O) groups excluding carboxylic acids is 2. The molecule has 156 valence electrons. The summed E-state index contributed by atoms with van der Waals surface area (Å²) >= 11 is 1.46. The number of hydrogen-bond acceptors (Lipinski definition) is 6. The topological polar surface area (TPSA) is 83.6 Å². The third-order valence-electron chi connectivity index (χ3n) is 5.61. The maximum atomic E-state index is 13.6. The van der Waals surface area contributed by atoms with Gasteiger partial charge in [-0.25, -0.2) is 4.98 Å². The van der Waals surface area contributed by atoms with Gasteiger partial charge in [-0.3, -0.25) is 9.59 Å². The lowest BCUT2D eigenvalue weighted by molar-refractivity contribution is -0.134. The van der Waals surface area contributed by atoms with E-state index in [0.29, 0.717) is 18.8 Å². The molecular weight excluding hydrogens is 400 g/mol. The Morgan fingerprint density at radius 3 is 2.67 bits per heavy atom. The fraction of sp³-hybridized carbons (Fsp3) is 0.348. The van der Waals surface area contributed by atoms with Gasteiger partial charge in [0.05, 0.1) is 18.2 Å². The van der Waals surface area contributed by atoms with Crippen molar-refractivity contribution in [3.8, 4) is 5.75 Å². The summed E-state index contributed by atoms with van der Waals surface area (Å²) in [6.45, 7) is 2.83. The van der Waals surface area contributed by atoms with E-state index in [-0.39, 0.29) is 11.7 Å². The highest BCUT2D eigenvalue weighted by atomic mass is 32.1. The number of aromatic hydroxyl groups is 1. The molecule has 0 atom stereocenters. The second-order valence-electron chi connectivity index (χ2n) is 7.71. The van der Waals surface area contributed by atoms with Crippen LogP contribution < -0.4 is 0 Å². The molecule has 3 aromatic rings. The quantitative estimate of drug-likeness (QED) is 0.519. The number of phenolic OH excluding ortho intramolecular Hbond substituents is 1. The third-order valence-corrected chi connectivity index (χ3v) is 6.58. The summed E-state index contributed by atoms with van der Waals surface area (Å²) in [6.07, 6.45) is 5.53. The minimum Gasteiger partial charge on any atom is -0.508 e. The summed E-state index contributed by atoms with van der Waals surface area (Å²) in [7, 11) is 0. The average molecular weight is 425 g/mol. The van der Waals surface area contributed by atoms with Gasteiger partial charge in [0, 0.05) is 17.8 Å². The summed E-state index contributed by atoms with van der Waals surface area (Å²) in [5.41, 5.74) is 0.848. The predicted octanol–water partition coefficient (Wildman–Crippen LogP) is 4.26. The molecule has 6 nitrogen and oxygen atoms in total. The standard InChI is InChI=1S/C23H24N2O4S/c1-16-20(15-26)24-21(30-16)14-25(12-2-4-19-5-3-13-29-19)22(28)23(10-11-23)17-6-8-18(27)9-7-17/h3,5-9,13,15,27H,2,4,10-12,14H2,1H3. The van der Waals surface area contributed by atoms with Crippen LogP contribution in [0.5, 0.6) is 5.75 Å². The second-order valence-corrected chi connectivity index (χ2v) is 8.99. The molecule has 2 aromatic heterocycles. The van der Waals surface area contributed by atoms with Gasteiger partial charge in [0.15, 0.2) is 6.29 Å². The second kappa shape index (κ2) is 8.44. The fourth-order valence-corrected chi connectivity index (χ4v) is 4.71. The molecule has 4 rings (SSSR count). The van der Waals surface area contributed by atoms with E-state index in [2.05, 4.69) is 4.98 Å². The largest absolute Gasteiger partial charge is 0.508 e. The van der Waals surface area contributed by atoms with Crippen molar-refractivity contribution in [2.75, 3.05) is 6.54 Å². The monoisotopic (exact) mass is 424 g/mol. The zero-order chi connectivity index (χ0) is 21.1. The lowest BCUT2D eigenvalue weighted by Crippen LogP contribution is -2.39. The first-order valence-electron chi connectivity index (χ1n) is 10.0. The summed E-state index contributed by atoms with van der Waals surface area (Å²) in [5, 5.41) is 10.4. The Labute approximate surface area is 179 Å². The molecule has 0 saturated heterocycles. The van der Waals surface area contributed by atoms with Crippen molar-refractivity contribution < 1.29 is 19.1 Å². The van der Waals surface area contributed by atoms with Gasteiger partial charge in [-0.05, 0) is 56.0 Å². The van der Waals surface area contributed by atoms with Gasteiger partial charge >= 0.3 is 0 Å².